The topological polar surface area (TPSA) is 12.9 Å². The van der Waals surface area contributed by atoms with Crippen molar-refractivity contribution in [1.29, 1.82) is 0 Å². The molecule has 14 heavy (non-hydrogen) atoms. The van der Waals surface area contributed by atoms with E-state index >= 15 is 0 Å². The van der Waals surface area contributed by atoms with Crippen LogP contribution in [0.15, 0.2) is 12.1 Å². The van der Waals surface area contributed by atoms with Gasteiger partial charge in [-0.1, -0.05) is 0 Å². The summed E-state index contributed by atoms with van der Waals surface area (Å²) in [5.74, 6) is 0.849. The van der Waals surface area contributed by atoms with E-state index < -0.39 is 0 Å². The van der Waals surface area contributed by atoms with Crippen LogP contribution in [0.2, 0.25) is 0 Å². The van der Waals surface area contributed by atoms with Gasteiger partial charge in [-0.15, -0.1) is 11.3 Å². The molecule has 1 aromatic carbocycles. The lowest BCUT2D eigenvalue weighted by Gasteiger charge is -2.02. The Hall–Kier alpha value is -0.890. The van der Waals surface area contributed by atoms with Gasteiger partial charge in [0, 0.05) is 0 Å². The van der Waals surface area contributed by atoms with Gasteiger partial charge in [0.1, 0.15) is 0 Å². The van der Waals surface area contributed by atoms with Crippen LogP contribution in [0.25, 0.3) is 10.2 Å². The van der Waals surface area contributed by atoms with E-state index in [0.717, 1.165) is 5.92 Å². The first-order valence-corrected chi connectivity index (χ1v) is 5.93. The van der Waals surface area contributed by atoms with E-state index in [-0.39, 0.29) is 0 Å². The molecule has 1 aliphatic rings. The summed E-state index contributed by atoms with van der Waals surface area (Å²) in [5, 5.41) is 1.17. The van der Waals surface area contributed by atoms with Crippen LogP contribution in [0.5, 0.6) is 0 Å². The molecule has 72 valence electrons. The number of fused-ring (bicyclic) bond motifs is 1. The first-order valence-electron chi connectivity index (χ1n) is 5.12. The molecule has 1 fully saturated rings. The van der Waals surface area contributed by atoms with Gasteiger partial charge in [0.05, 0.1) is 15.2 Å². The van der Waals surface area contributed by atoms with Crippen LogP contribution in [0.1, 0.15) is 34.9 Å². The van der Waals surface area contributed by atoms with E-state index in [4.69, 9.17) is 0 Å². The highest BCUT2D eigenvalue weighted by molar-refractivity contribution is 7.18. The average Bonchev–Trinajstić information content (AvgIpc) is 2.88. The number of benzene rings is 1. The number of thiazole rings is 1. The fraction of sp³-hybridized carbons (Fsp3) is 0.417. The highest BCUT2D eigenvalue weighted by Gasteiger charge is 2.25. The molecule has 0 N–H and O–H groups in total. The van der Waals surface area contributed by atoms with Crippen LogP contribution in [0, 0.1) is 13.8 Å². The molecular weight excluding hydrogens is 190 g/mol. The fourth-order valence-electron chi connectivity index (χ4n) is 2.04. The zero-order chi connectivity index (χ0) is 9.71. The summed E-state index contributed by atoms with van der Waals surface area (Å²) in [4.78, 5) is 4.51. The molecule has 0 atom stereocenters. The molecule has 1 saturated carbocycles. The van der Waals surface area contributed by atoms with Crippen LogP contribution in [0.3, 0.4) is 0 Å². The lowest BCUT2D eigenvalue weighted by molar-refractivity contribution is 1.11. The highest BCUT2D eigenvalue weighted by Crippen LogP contribution is 2.43. The highest BCUT2D eigenvalue weighted by atomic mass is 32.1. The smallest absolute Gasteiger partial charge is 0.0907 e. The maximum atomic E-state index is 4.51. The number of aryl methyl sites for hydroxylation is 2. The van der Waals surface area contributed by atoms with E-state index in [2.05, 4.69) is 31.0 Å². The molecule has 3 rings (SSSR count). The Morgan fingerprint density at radius 3 is 2.79 bits per heavy atom. The minimum absolute atomic E-state index is 0.849. The Labute approximate surface area is 87.8 Å². The molecule has 2 heteroatoms. The Bertz CT molecular complexity index is 494. The summed E-state index contributed by atoms with van der Waals surface area (Å²) in [6.45, 7) is 4.29. The van der Waals surface area contributed by atoms with Gasteiger partial charge in [-0.05, 0) is 55.9 Å². The second-order valence-corrected chi connectivity index (χ2v) is 5.42. The normalized spacial score (nSPS) is 16.4. The lowest BCUT2D eigenvalue weighted by Crippen LogP contribution is -1.85. The molecule has 1 aliphatic carbocycles. The molecule has 2 aromatic rings. The summed E-state index contributed by atoms with van der Waals surface area (Å²) in [6.07, 6.45) is 2.76. The van der Waals surface area contributed by atoms with Gasteiger partial charge in [0.15, 0.2) is 0 Å². The van der Waals surface area contributed by atoms with Crippen LogP contribution in [-0.2, 0) is 0 Å². The Balaban J connectivity index is 2.25. The van der Waals surface area contributed by atoms with Crippen molar-refractivity contribution in [3.05, 3.63) is 28.3 Å². The average molecular weight is 203 g/mol. The summed E-state index contributed by atoms with van der Waals surface area (Å²) < 4.78 is 1.36. The number of rotatable bonds is 1. The van der Waals surface area contributed by atoms with Gasteiger partial charge < -0.3 is 0 Å². The largest absolute Gasteiger partial charge is 0.242 e. The van der Waals surface area contributed by atoms with Crippen molar-refractivity contribution in [2.24, 2.45) is 0 Å². The predicted molar refractivity (Wildman–Crippen MR) is 61.1 cm³/mol. The van der Waals surface area contributed by atoms with Crippen molar-refractivity contribution >= 4 is 21.6 Å². The first-order chi connectivity index (χ1) is 6.74. The van der Waals surface area contributed by atoms with Crippen molar-refractivity contribution in [3.8, 4) is 0 Å². The van der Waals surface area contributed by atoms with E-state index in [9.17, 15) is 0 Å². The molecular formula is C12H13NS. The zero-order valence-electron chi connectivity index (χ0n) is 8.50. The van der Waals surface area contributed by atoms with Gasteiger partial charge in [0.2, 0.25) is 0 Å². The van der Waals surface area contributed by atoms with E-state index in [0.29, 0.717) is 0 Å². The minimum Gasteiger partial charge on any atom is -0.242 e. The van der Waals surface area contributed by atoms with E-state index in [1.54, 1.807) is 5.56 Å². The summed E-state index contributed by atoms with van der Waals surface area (Å²) in [5.41, 5.74) is 4.15. The third kappa shape index (κ3) is 1.25. The molecule has 0 unspecified atom stereocenters. The zero-order valence-corrected chi connectivity index (χ0v) is 9.32. The predicted octanol–water partition coefficient (Wildman–Crippen LogP) is 3.79. The van der Waals surface area contributed by atoms with Crippen molar-refractivity contribution in [2.75, 3.05) is 0 Å². The first kappa shape index (κ1) is 8.42. The minimum atomic E-state index is 0.849. The number of aromatic nitrogens is 1. The third-order valence-electron chi connectivity index (χ3n) is 2.90. The fourth-order valence-corrected chi connectivity index (χ4v) is 2.90. The van der Waals surface area contributed by atoms with E-state index in [1.165, 1.54) is 33.6 Å². The van der Waals surface area contributed by atoms with Crippen molar-refractivity contribution in [2.45, 2.75) is 32.6 Å². The SMILES string of the molecule is Cc1nc2cc(C)c(C3CC3)cc2s1. The maximum Gasteiger partial charge on any atom is 0.0907 e. The molecule has 0 bridgehead atoms. The quantitative estimate of drug-likeness (QED) is 0.687. The molecule has 0 aliphatic heterocycles. The number of hydrogen-bond donors (Lipinski definition) is 0. The van der Waals surface area contributed by atoms with Gasteiger partial charge >= 0.3 is 0 Å². The second-order valence-electron chi connectivity index (χ2n) is 4.18. The van der Waals surface area contributed by atoms with Crippen LogP contribution < -0.4 is 0 Å². The van der Waals surface area contributed by atoms with Gasteiger partial charge in [-0.2, -0.15) is 0 Å². The molecule has 1 heterocycles. The lowest BCUT2D eigenvalue weighted by atomic mass is 10.0. The monoisotopic (exact) mass is 203 g/mol. The van der Waals surface area contributed by atoms with Crippen molar-refractivity contribution in [1.82, 2.24) is 4.98 Å². The summed E-state index contributed by atoms with van der Waals surface area (Å²) in [6, 6.07) is 4.60. The second kappa shape index (κ2) is 2.80. The van der Waals surface area contributed by atoms with Crippen molar-refractivity contribution in [3.63, 3.8) is 0 Å². The maximum absolute atomic E-state index is 4.51. The van der Waals surface area contributed by atoms with Crippen LogP contribution in [-0.4, -0.2) is 4.98 Å². The number of hydrogen-bond acceptors (Lipinski definition) is 2. The van der Waals surface area contributed by atoms with Crippen LogP contribution >= 0.6 is 11.3 Å². The third-order valence-corrected chi connectivity index (χ3v) is 3.83. The summed E-state index contributed by atoms with van der Waals surface area (Å²) >= 11 is 1.81. The van der Waals surface area contributed by atoms with Crippen molar-refractivity contribution < 1.29 is 0 Å². The van der Waals surface area contributed by atoms with Crippen LogP contribution in [0.4, 0.5) is 0 Å². The van der Waals surface area contributed by atoms with Gasteiger partial charge in [-0.25, -0.2) is 4.98 Å². The molecule has 1 aromatic heterocycles. The molecule has 0 radical (unpaired) electrons. The Morgan fingerprint density at radius 1 is 1.29 bits per heavy atom. The number of nitrogens with zero attached hydrogens (tertiary/aromatic N) is 1. The molecule has 0 spiro atoms. The summed E-state index contributed by atoms with van der Waals surface area (Å²) in [7, 11) is 0. The molecule has 0 saturated heterocycles. The Morgan fingerprint density at radius 2 is 2.07 bits per heavy atom. The molecule has 1 nitrogen and oxygen atoms in total. The Kier molecular flexibility index (Phi) is 1.68. The van der Waals surface area contributed by atoms with Gasteiger partial charge in [0.25, 0.3) is 0 Å². The molecule has 0 amide bonds. The van der Waals surface area contributed by atoms with Gasteiger partial charge in [-0.3, -0.25) is 0 Å². The standard InChI is InChI=1S/C12H13NS/c1-7-5-11-12(14-8(2)13-11)6-10(7)9-3-4-9/h5-6,9H,3-4H2,1-2H3. The van der Waals surface area contributed by atoms with E-state index in [1.807, 2.05) is 11.3 Å².